The number of aromatic nitrogens is 2. The van der Waals surface area contributed by atoms with Gasteiger partial charge in [-0.1, -0.05) is 30.3 Å². The second-order valence-corrected chi connectivity index (χ2v) is 12.2. The van der Waals surface area contributed by atoms with Gasteiger partial charge in [0, 0.05) is 15.8 Å². The highest BCUT2D eigenvalue weighted by Gasteiger charge is 2.26. The predicted molar refractivity (Wildman–Crippen MR) is 159 cm³/mol. The summed E-state index contributed by atoms with van der Waals surface area (Å²) < 4.78 is 6.89. The van der Waals surface area contributed by atoms with Crippen LogP contribution < -0.4 is 10.9 Å². The Morgan fingerprint density at radius 3 is 2.62 bits per heavy atom. The van der Waals surface area contributed by atoms with E-state index in [1.165, 1.54) is 16.2 Å². The third-order valence-corrected chi connectivity index (χ3v) is 9.71. The number of fused-ring (bicyclic) bond motifs is 3. The first-order chi connectivity index (χ1) is 19.5. The highest BCUT2D eigenvalue weighted by Crippen LogP contribution is 2.37. The van der Waals surface area contributed by atoms with Gasteiger partial charge >= 0.3 is 5.97 Å². The number of nitrogens with one attached hydrogen (secondary N) is 1. The molecule has 1 saturated heterocycles. The number of nitrogens with zero attached hydrogens (tertiary/aromatic N) is 3. The molecule has 0 unspecified atom stereocenters. The highest BCUT2D eigenvalue weighted by molar-refractivity contribution is 7.18. The largest absolute Gasteiger partial charge is 0.462 e. The van der Waals surface area contributed by atoms with Gasteiger partial charge in [-0.05, 0) is 69.7 Å². The first-order valence-corrected chi connectivity index (χ1v) is 15.6. The average Bonchev–Trinajstić information content (AvgIpc) is 3.70. The number of rotatable bonds is 8. The number of hydrogen-bond acceptors (Lipinski definition) is 8. The van der Waals surface area contributed by atoms with Crippen LogP contribution in [0.3, 0.4) is 0 Å². The normalized spacial score (nSPS) is 15.3. The number of carbonyl (C=O) groups excluding carboxylic acids is 2. The molecule has 1 amide bonds. The second-order valence-electron chi connectivity index (χ2n) is 10.3. The summed E-state index contributed by atoms with van der Waals surface area (Å²) in [6.45, 7) is 4.26. The van der Waals surface area contributed by atoms with Crippen LogP contribution in [0.5, 0.6) is 0 Å². The summed E-state index contributed by atoms with van der Waals surface area (Å²) in [6, 6.07) is 9.56. The van der Waals surface area contributed by atoms with Crippen molar-refractivity contribution in [2.75, 3.05) is 25.0 Å². The number of aryl methyl sites for hydroxylation is 2. The van der Waals surface area contributed by atoms with Crippen molar-refractivity contribution in [2.24, 2.45) is 0 Å². The quantitative estimate of drug-likeness (QED) is 0.280. The molecule has 3 aromatic heterocycles. The number of ether oxygens (including phenoxy) is 1. The van der Waals surface area contributed by atoms with E-state index in [-0.39, 0.29) is 24.6 Å². The van der Waals surface area contributed by atoms with Gasteiger partial charge in [0.1, 0.15) is 27.8 Å². The Morgan fingerprint density at radius 2 is 1.85 bits per heavy atom. The van der Waals surface area contributed by atoms with Crippen LogP contribution in [-0.4, -0.2) is 46.0 Å². The summed E-state index contributed by atoms with van der Waals surface area (Å²) in [6.07, 6.45) is 6.30. The maximum Gasteiger partial charge on any atom is 0.341 e. The van der Waals surface area contributed by atoms with Crippen molar-refractivity contribution >= 4 is 49.8 Å². The molecule has 0 spiro atoms. The van der Waals surface area contributed by atoms with Crippen molar-refractivity contribution in [3.05, 3.63) is 67.9 Å². The molecule has 1 aromatic carbocycles. The fourth-order valence-corrected chi connectivity index (χ4v) is 7.95. The molecule has 40 heavy (non-hydrogen) atoms. The molecule has 0 bridgehead atoms. The zero-order valence-electron chi connectivity index (χ0n) is 22.5. The number of benzene rings is 1. The van der Waals surface area contributed by atoms with Gasteiger partial charge in [0.2, 0.25) is 5.91 Å². The lowest BCUT2D eigenvalue weighted by molar-refractivity contribution is -0.116. The van der Waals surface area contributed by atoms with Gasteiger partial charge in [0.05, 0.1) is 18.5 Å². The molecule has 208 valence electrons. The van der Waals surface area contributed by atoms with Gasteiger partial charge in [0.15, 0.2) is 0 Å². The summed E-state index contributed by atoms with van der Waals surface area (Å²) >= 11 is 2.91. The zero-order valence-corrected chi connectivity index (χ0v) is 24.2. The molecule has 0 radical (unpaired) electrons. The van der Waals surface area contributed by atoms with Crippen LogP contribution in [0.1, 0.15) is 59.2 Å². The van der Waals surface area contributed by atoms with Crippen LogP contribution >= 0.6 is 22.7 Å². The minimum Gasteiger partial charge on any atom is -0.462 e. The van der Waals surface area contributed by atoms with Crippen LogP contribution in [0.4, 0.5) is 5.00 Å². The van der Waals surface area contributed by atoms with E-state index in [4.69, 9.17) is 9.72 Å². The molecule has 1 N–H and O–H groups in total. The maximum atomic E-state index is 14.0. The topological polar surface area (TPSA) is 93.5 Å². The first-order valence-electron chi connectivity index (χ1n) is 13.9. The molecular formula is C30H32N4O4S2. The van der Waals surface area contributed by atoms with E-state index in [1.54, 1.807) is 22.8 Å². The van der Waals surface area contributed by atoms with E-state index in [0.717, 1.165) is 67.6 Å². The van der Waals surface area contributed by atoms with Crippen LogP contribution in [0.25, 0.3) is 21.3 Å². The minimum atomic E-state index is -0.488. The SMILES string of the molecule is CCOC(=O)c1c(-c2ccccc2)csc1NC(=O)Cn1c(CN2CCCC2)nc2sc3c(c2c1=O)CCCC3. The molecule has 4 heterocycles. The minimum absolute atomic E-state index is 0.143. The van der Waals surface area contributed by atoms with E-state index in [9.17, 15) is 14.4 Å². The van der Waals surface area contributed by atoms with E-state index in [1.807, 2.05) is 35.7 Å². The Morgan fingerprint density at radius 1 is 1.07 bits per heavy atom. The van der Waals surface area contributed by atoms with Crippen molar-refractivity contribution < 1.29 is 14.3 Å². The Balaban J connectivity index is 1.35. The smallest absolute Gasteiger partial charge is 0.341 e. The standard InChI is InChI=1S/C30H32N4O4S2/c1-2-38-30(37)26-21(19-10-4-3-5-11-19)18-39-27(26)32-24(35)17-34-23(16-33-14-8-9-15-33)31-28-25(29(34)36)20-12-6-7-13-22(20)40-28/h3-5,10-11,18H,2,6-9,12-17H2,1H3,(H,32,35). The van der Waals surface area contributed by atoms with E-state index in [0.29, 0.717) is 33.9 Å². The van der Waals surface area contributed by atoms with Crippen molar-refractivity contribution in [1.29, 1.82) is 0 Å². The van der Waals surface area contributed by atoms with Gasteiger partial charge in [-0.3, -0.25) is 19.1 Å². The third-order valence-electron chi connectivity index (χ3n) is 7.63. The fourth-order valence-electron chi connectivity index (χ4n) is 5.70. The second kappa shape index (κ2) is 11.6. The summed E-state index contributed by atoms with van der Waals surface area (Å²) in [5.74, 6) is -0.241. The first kappa shape index (κ1) is 26.9. The van der Waals surface area contributed by atoms with Gasteiger partial charge in [-0.2, -0.15) is 0 Å². The van der Waals surface area contributed by atoms with Crippen LogP contribution in [-0.2, 0) is 35.5 Å². The van der Waals surface area contributed by atoms with Crippen LogP contribution in [0.15, 0.2) is 40.5 Å². The average molecular weight is 577 g/mol. The predicted octanol–water partition coefficient (Wildman–Crippen LogP) is 5.48. The Bertz CT molecular complexity index is 1620. The highest BCUT2D eigenvalue weighted by atomic mass is 32.1. The number of thiophene rings is 2. The van der Waals surface area contributed by atoms with Crippen molar-refractivity contribution in [2.45, 2.75) is 58.5 Å². The molecule has 4 aromatic rings. The van der Waals surface area contributed by atoms with Gasteiger partial charge in [0.25, 0.3) is 5.56 Å². The van der Waals surface area contributed by atoms with Crippen molar-refractivity contribution in [1.82, 2.24) is 14.5 Å². The Kier molecular flexibility index (Phi) is 7.82. The number of likely N-dealkylation sites (tertiary alicyclic amines) is 1. The number of anilines is 1. The molecular weight excluding hydrogens is 544 g/mol. The molecule has 0 saturated carbocycles. The van der Waals surface area contributed by atoms with Crippen LogP contribution in [0, 0.1) is 0 Å². The summed E-state index contributed by atoms with van der Waals surface area (Å²) in [5.41, 5.74) is 2.87. The van der Waals surface area contributed by atoms with Crippen molar-refractivity contribution in [3.63, 3.8) is 0 Å². The van der Waals surface area contributed by atoms with Gasteiger partial charge in [-0.15, -0.1) is 22.7 Å². The lowest BCUT2D eigenvalue weighted by Gasteiger charge is -2.18. The number of amides is 1. The number of hydrogen-bond donors (Lipinski definition) is 1. The summed E-state index contributed by atoms with van der Waals surface area (Å²) in [5, 5.41) is 5.86. The summed E-state index contributed by atoms with van der Waals surface area (Å²) in [4.78, 5) is 49.7. The lowest BCUT2D eigenvalue weighted by atomic mass is 9.97. The molecule has 2 aliphatic rings. The van der Waals surface area contributed by atoms with Crippen LogP contribution in [0.2, 0.25) is 0 Å². The van der Waals surface area contributed by atoms with Crippen molar-refractivity contribution in [3.8, 4) is 11.1 Å². The molecule has 1 aliphatic carbocycles. The molecule has 1 aliphatic heterocycles. The Labute approximate surface area is 240 Å². The van der Waals surface area contributed by atoms with Gasteiger partial charge < -0.3 is 10.1 Å². The maximum absolute atomic E-state index is 14.0. The fraction of sp³-hybridized carbons (Fsp3) is 0.400. The molecule has 1 fully saturated rings. The monoisotopic (exact) mass is 576 g/mol. The number of carbonyl (C=O) groups is 2. The summed E-state index contributed by atoms with van der Waals surface area (Å²) in [7, 11) is 0. The van der Waals surface area contributed by atoms with E-state index >= 15 is 0 Å². The number of esters is 1. The Hall–Kier alpha value is -3.34. The lowest BCUT2D eigenvalue weighted by Crippen LogP contribution is -2.34. The molecule has 6 rings (SSSR count). The molecule has 8 nitrogen and oxygen atoms in total. The molecule has 0 atom stereocenters. The molecule has 10 heteroatoms. The van der Waals surface area contributed by atoms with Gasteiger partial charge in [-0.25, -0.2) is 9.78 Å². The van der Waals surface area contributed by atoms with E-state index in [2.05, 4.69) is 10.2 Å². The van der Waals surface area contributed by atoms with E-state index < -0.39 is 5.97 Å². The third kappa shape index (κ3) is 5.23. The zero-order chi connectivity index (χ0) is 27.6.